The zero-order valence-corrected chi connectivity index (χ0v) is 6.42. The van der Waals surface area contributed by atoms with Crippen LogP contribution >= 0.6 is 11.8 Å². The lowest BCUT2D eigenvalue weighted by atomic mass is 10.1. The van der Waals surface area contributed by atoms with Crippen LogP contribution in [0.2, 0.25) is 0 Å². The first-order valence-corrected chi connectivity index (χ1v) is 3.92. The van der Waals surface area contributed by atoms with E-state index in [4.69, 9.17) is 0 Å². The summed E-state index contributed by atoms with van der Waals surface area (Å²) in [5.74, 6) is 0. The molecule has 0 saturated heterocycles. The second kappa shape index (κ2) is 3.13. The van der Waals surface area contributed by atoms with E-state index < -0.39 is 0 Å². The molecule has 0 spiro atoms. The van der Waals surface area contributed by atoms with Gasteiger partial charge in [0.15, 0.2) is 0 Å². The molecule has 0 aliphatic rings. The number of carbonyl (C=O) groups is 1. The molecule has 8 heavy (non-hydrogen) atoms. The van der Waals surface area contributed by atoms with Gasteiger partial charge in [-0.1, -0.05) is 6.92 Å². The van der Waals surface area contributed by atoms with Crippen molar-refractivity contribution in [1.29, 1.82) is 0 Å². The molecule has 1 atom stereocenters. The fourth-order valence-corrected chi connectivity index (χ4v) is 0.661. The maximum absolute atomic E-state index is 10.3. The summed E-state index contributed by atoms with van der Waals surface area (Å²) in [5, 5.41) is 0. The Morgan fingerprint density at radius 1 is 1.75 bits per heavy atom. The first-order valence-electron chi connectivity index (χ1n) is 2.70. The molecular weight excluding hydrogens is 120 g/mol. The smallest absolute Gasteiger partial charge is 0.135 e. The Balaban J connectivity index is 3.76. The molecule has 0 aromatic carbocycles. The van der Waals surface area contributed by atoms with Crippen molar-refractivity contribution >= 4 is 18.0 Å². The SMILES string of the molecule is CCC(C)(C=O)SC. The standard InChI is InChI=1S/C6H12OS/c1-4-6(2,5-7)8-3/h5H,4H2,1-3H3. The van der Waals surface area contributed by atoms with Crippen molar-refractivity contribution in [1.82, 2.24) is 0 Å². The number of rotatable bonds is 3. The summed E-state index contributed by atoms with van der Waals surface area (Å²) in [6.07, 6.45) is 3.88. The highest BCUT2D eigenvalue weighted by Crippen LogP contribution is 2.22. The molecule has 0 aliphatic heterocycles. The van der Waals surface area contributed by atoms with Crippen LogP contribution in [0.5, 0.6) is 0 Å². The van der Waals surface area contributed by atoms with Crippen molar-refractivity contribution < 1.29 is 4.79 Å². The van der Waals surface area contributed by atoms with Gasteiger partial charge in [0.05, 0.1) is 4.75 Å². The van der Waals surface area contributed by atoms with Crippen molar-refractivity contribution in [3.05, 3.63) is 0 Å². The minimum Gasteiger partial charge on any atom is -0.302 e. The van der Waals surface area contributed by atoms with E-state index in [0.717, 1.165) is 12.7 Å². The van der Waals surface area contributed by atoms with Crippen LogP contribution in [0.4, 0.5) is 0 Å². The maximum atomic E-state index is 10.3. The molecule has 1 nitrogen and oxygen atoms in total. The average molecular weight is 132 g/mol. The Morgan fingerprint density at radius 3 is 2.25 bits per heavy atom. The number of thioether (sulfide) groups is 1. The molecule has 0 bridgehead atoms. The summed E-state index contributed by atoms with van der Waals surface area (Å²) >= 11 is 1.60. The van der Waals surface area contributed by atoms with Gasteiger partial charge in [0.25, 0.3) is 0 Å². The van der Waals surface area contributed by atoms with E-state index in [1.165, 1.54) is 0 Å². The Labute approximate surface area is 54.8 Å². The van der Waals surface area contributed by atoms with E-state index in [1.807, 2.05) is 20.1 Å². The van der Waals surface area contributed by atoms with Crippen LogP contribution in [0.1, 0.15) is 20.3 Å². The molecule has 0 aliphatic carbocycles. The van der Waals surface area contributed by atoms with Gasteiger partial charge in [-0.2, -0.15) is 11.8 Å². The molecule has 2 heteroatoms. The van der Waals surface area contributed by atoms with Gasteiger partial charge in [0.1, 0.15) is 6.29 Å². The Bertz CT molecular complexity index is 76.6. The minimum absolute atomic E-state index is 0.139. The fraction of sp³-hybridized carbons (Fsp3) is 0.833. The molecule has 0 amide bonds. The van der Waals surface area contributed by atoms with E-state index in [1.54, 1.807) is 11.8 Å². The highest BCUT2D eigenvalue weighted by atomic mass is 32.2. The van der Waals surface area contributed by atoms with Gasteiger partial charge >= 0.3 is 0 Å². The van der Waals surface area contributed by atoms with Crippen LogP contribution in [-0.4, -0.2) is 17.3 Å². The van der Waals surface area contributed by atoms with Crippen molar-refractivity contribution in [2.24, 2.45) is 0 Å². The lowest BCUT2D eigenvalue weighted by molar-refractivity contribution is -0.109. The summed E-state index contributed by atoms with van der Waals surface area (Å²) < 4.78 is -0.139. The molecule has 0 heterocycles. The van der Waals surface area contributed by atoms with Crippen LogP contribution in [0, 0.1) is 0 Å². The van der Waals surface area contributed by atoms with Gasteiger partial charge < -0.3 is 4.79 Å². The van der Waals surface area contributed by atoms with Gasteiger partial charge in [0, 0.05) is 0 Å². The first-order chi connectivity index (χ1) is 3.68. The topological polar surface area (TPSA) is 17.1 Å². The third-order valence-corrected chi connectivity index (χ3v) is 2.74. The molecule has 0 aromatic heterocycles. The fourth-order valence-electron chi connectivity index (χ4n) is 0.276. The maximum Gasteiger partial charge on any atom is 0.135 e. The predicted octanol–water partition coefficient (Wildman–Crippen LogP) is 1.72. The zero-order chi connectivity index (χ0) is 6.62. The highest BCUT2D eigenvalue weighted by molar-refractivity contribution is 8.00. The lowest BCUT2D eigenvalue weighted by Crippen LogP contribution is -2.19. The second-order valence-electron chi connectivity index (χ2n) is 1.99. The van der Waals surface area contributed by atoms with Gasteiger partial charge in [-0.3, -0.25) is 0 Å². The van der Waals surface area contributed by atoms with Crippen molar-refractivity contribution in [3.8, 4) is 0 Å². The Hall–Kier alpha value is 0.0200. The number of aldehydes is 1. The molecule has 0 saturated carbocycles. The number of hydrogen-bond donors (Lipinski definition) is 0. The Kier molecular flexibility index (Phi) is 3.13. The van der Waals surface area contributed by atoms with E-state index in [0.29, 0.717) is 0 Å². The molecular formula is C6H12OS. The van der Waals surface area contributed by atoms with E-state index in [9.17, 15) is 4.79 Å². The number of hydrogen-bond acceptors (Lipinski definition) is 2. The molecule has 0 aromatic rings. The van der Waals surface area contributed by atoms with Crippen molar-refractivity contribution in [2.75, 3.05) is 6.26 Å². The lowest BCUT2D eigenvalue weighted by Gasteiger charge is -2.16. The second-order valence-corrected chi connectivity index (χ2v) is 3.33. The van der Waals surface area contributed by atoms with Gasteiger partial charge in [0.2, 0.25) is 0 Å². The summed E-state index contributed by atoms with van der Waals surface area (Å²) in [6, 6.07) is 0. The number of carbonyl (C=O) groups excluding carboxylic acids is 1. The van der Waals surface area contributed by atoms with E-state index in [-0.39, 0.29) is 4.75 Å². The predicted molar refractivity (Wildman–Crippen MR) is 38.3 cm³/mol. The van der Waals surface area contributed by atoms with Crippen molar-refractivity contribution in [2.45, 2.75) is 25.0 Å². The summed E-state index contributed by atoms with van der Waals surface area (Å²) in [7, 11) is 0. The molecule has 0 N–H and O–H groups in total. The first kappa shape index (κ1) is 8.02. The summed E-state index contributed by atoms with van der Waals surface area (Å²) in [4.78, 5) is 10.3. The minimum atomic E-state index is -0.139. The third-order valence-electron chi connectivity index (χ3n) is 1.42. The van der Waals surface area contributed by atoms with Gasteiger partial charge in [-0.25, -0.2) is 0 Å². The molecule has 0 rings (SSSR count). The van der Waals surface area contributed by atoms with E-state index >= 15 is 0 Å². The van der Waals surface area contributed by atoms with Gasteiger partial charge in [-0.05, 0) is 19.6 Å². The zero-order valence-electron chi connectivity index (χ0n) is 5.60. The third kappa shape index (κ3) is 1.86. The summed E-state index contributed by atoms with van der Waals surface area (Å²) in [6.45, 7) is 3.97. The highest BCUT2D eigenvalue weighted by Gasteiger charge is 2.17. The quantitative estimate of drug-likeness (QED) is 0.544. The van der Waals surface area contributed by atoms with Gasteiger partial charge in [-0.15, -0.1) is 0 Å². The molecule has 1 unspecified atom stereocenters. The van der Waals surface area contributed by atoms with Crippen LogP contribution in [0.3, 0.4) is 0 Å². The summed E-state index contributed by atoms with van der Waals surface area (Å²) in [5.41, 5.74) is 0. The normalized spacial score (nSPS) is 17.4. The molecule has 0 fully saturated rings. The van der Waals surface area contributed by atoms with Crippen LogP contribution in [0.15, 0.2) is 0 Å². The largest absolute Gasteiger partial charge is 0.302 e. The van der Waals surface area contributed by atoms with E-state index in [2.05, 4.69) is 0 Å². The van der Waals surface area contributed by atoms with Crippen LogP contribution in [0.25, 0.3) is 0 Å². The Morgan fingerprint density at radius 2 is 2.25 bits per heavy atom. The molecule has 0 radical (unpaired) electrons. The monoisotopic (exact) mass is 132 g/mol. The molecule has 48 valence electrons. The van der Waals surface area contributed by atoms with Crippen molar-refractivity contribution in [3.63, 3.8) is 0 Å². The van der Waals surface area contributed by atoms with Crippen LogP contribution in [-0.2, 0) is 4.79 Å². The average Bonchev–Trinajstić information content (AvgIpc) is 1.87. The van der Waals surface area contributed by atoms with Crippen LogP contribution < -0.4 is 0 Å².